The molecular weight excluding hydrogens is 449 g/mol. The van der Waals surface area contributed by atoms with Crippen molar-refractivity contribution in [3.05, 3.63) is 71.0 Å². The Kier molecular flexibility index (Phi) is 6.33. The van der Waals surface area contributed by atoms with E-state index >= 15 is 0 Å². The highest BCUT2D eigenvalue weighted by Gasteiger charge is 2.49. The molecule has 2 aromatic carbocycles. The van der Waals surface area contributed by atoms with Crippen molar-refractivity contribution in [3.63, 3.8) is 0 Å². The molecule has 6 nitrogen and oxygen atoms in total. The van der Waals surface area contributed by atoms with E-state index in [4.69, 9.17) is 0 Å². The molecule has 34 heavy (non-hydrogen) atoms. The highest BCUT2D eigenvalue weighted by Crippen LogP contribution is 2.43. The quantitative estimate of drug-likeness (QED) is 0.706. The van der Waals surface area contributed by atoms with E-state index in [1.54, 1.807) is 18.7 Å². The van der Waals surface area contributed by atoms with Gasteiger partial charge in [0.25, 0.3) is 0 Å². The normalized spacial score (nSPS) is 29.4. The van der Waals surface area contributed by atoms with Gasteiger partial charge in [-0.25, -0.2) is 18.0 Å². The minimum atomic E-state index is -1.28. The molecule has 0 radical (unpaired) electrons. The molecule has 0 spiro atoms. The first-order chi connectivity index (χ1) is 16.0. The van der Waals surface area contributed by atoms with Gasteiger partial charge in [0.2, 0.25) is 5.91 Å². The van der Waals surface area contributed by atoms with Gasteiger partial charge in [0, 0.05) is 50.0 Å². The van der Waals surface area contributed by atoms with Crippen molar-refractivity contribution in [1.82, 2.24) is 9.80 Å². The van der Waals surface area contributed by atoms with Gasteiger partial charge in [-0.3, -0.25) is 4.79 Å². The highest BCUT2D eigenvalue weighted by molar-refractivity contribution is 5.82. The van der Waals surface area contributed by atoms with Crippen LogP contribution in [0.1, 0.15) is 30.9 Å². The number of halogens is 3. The topological polar surface area (TPSA) is 81.1 Å². The lowest BCUT2D eigenvalue weighted by molar-refractivity contribution is -0.152. The minimum Gasteiger partial charge on any atom is -0.465 e. The van der Waals surface area contributed by atoms with Crippen LogP contribution in [-0.2, 0) is 10.4 Å². The molecule has 2 saturated heterocycles. The molecule has 2 heterocycles. The van der Waals surface area contributed by atoms with Gasteiger partial charge in [-0.1, -0.05) is 32.0 Å². The Morgan fingerprint density at radius 1 is 0.882 bits per heavy atom. The Morgan fingerprint density at radius 3 is 2.03 bits per heavy atom. The summed E-state index contributed by atoms with van der Waals surface area (Å²) >= 11 is 0. The van der Waals surface area contributed by atoms with Crippen LogP contribution in [-0.4, -0.2) is 58.2 Å². The van der Waals surface area contributed by atoms with E-state index in [1.807, 2.05) is 0 Å². The molecule has 2 aromatic rings. The predicted molar refractivity (Wildman–Crippen MR) is 117 cm³/mol. The molecule has 9 heteroatoms. The SMILES string of the molecule is C[C@@H]1CN(C(=O)[C@@H]2CN(C(=O)O)C[C@H]2c2ccc(F)cc2F)C[C@H](C)C1(O)c1ccc(F)cc1. The number of carbonyl (C=O) groups excluding carboxylic acids is 1. The van der Waals surface area contributed by atoms with Crippen molar-refractivity contribution in [1.29, 1.82) is 0 Å². The lowest BCUT2D eigenvalue weighted by Crippen LogP contribution is -2.57. The molecule has 2 fully saturated rings. The van der Waals surface area contributed by atoms with Gasteiger partial charge in [-0.05, 0) is 29.3 Å². The van der Waals surface area contributed by atoms with E-state index in [2.05, 4.69) is 0 Å². The van der Waals surface area contributed by atoms with Gasteiger partial charge >= 0.3 is 6.09 Å². The van der Waals surface area contributed by atoms with Crippen molar-refractivity contribution >= 4 is 12.0 Å². The van der Waals surface area contributed by atoms with Crippen molar-refractivity contribution < 1.29 is 33.0 Å². The molecule has 0 aromatic heterocycles. The molecule has 2 aliphatic rings. The summed E-state index contributed by atoms with van der Waals surface area (Å²) in [6.07, 6.45) is -1.21. The Bertz CT molecular complexity index is 1080. The van der Waals surface area contributed by atoms with E-state index in [1.165, 1.54) is 30.3 Å². The van der Waals surface area contributed by atoms with Crippen molar-refractivity contribution in [2.75, 3.05) is 26.2 Å². The van der Waals surface area contributed by atoms with Crippen LogP contribution in [0.3, 0.4) is 0 Å². The third kappa shape index (κ3) is 4.13. The molecule has 5 atom stereocenters. The van der Waals surface area contributed by atoms with Gasteiger partial charge in [-0.15, -0.1) is 0 Å². The molecule has 0 bridgehead atoms. The van der Waals surface area contributed by atoms with Crippen molar-refractivity contribution in [3.8, 4) is 0 Å². The Labute approximate surface area is 195 Å². The molecular formula is C25H27F3N2O4. The van der Waals surface area contributed by atoms with E-state index in [0.29, 0.717) is 5.56 Å². The molecule has 2 aliphatic heterocycles. The summed E-state index contributed by atoms with van der Waals surface area (Å²) in [7, 11) is 0. The summed E-state index contributed by atoms with van der Waals surface area (Å²) in [4.78, 5) is 27.9. The maximum atomic E-state index is 14.6. The van der Waals surface area contributed by atoms with Gasteiger partial charge in [0.1, 0.15) is 17.5 Å². The third-order valence-corrected chi connectivity index (χ3v) is 7.38. The molecule has 1 unspecified atom stereocenters. The summed E-state index contributed by atoms with van der Waals surface area (Å²) in [5.74, 6) is -4.72. The number of benzene rings is 2. The molecule has 0 aliphatic carbocycles. The van der Waals surface area contributed by atoms with E-state index in [0.717, 1.165) is 17.0 Å². The van der Waals surface area contributed by atoms with Crippen molar-refractivity contribution in [2.45, 2.75) is 25.4 Å². The maximum Gasteiger partial charge on any atom is 0.407 e. The number of hydrogen-bond acceptors (Lipinski definition) is 3. The number of amides is 2. The fourth-order valence-electron chi connectivity index (χ4n) is 5.53. The largest absolute Gasteiger partial charge is 0.465 e. The summed E-state index contributed by atoms with van der Waals surface area (Å²) in [5, 5.41) is 21.0. The van der Waals surface area contributed by atoms with Gasteiger partial charge < -0.3 is 20.0 Å². The average Bonchev–Trinajstić information content (AvgIpc) is 3.22. The summed E-state index contributed by atoms with van der Waals surface area (Å²) in [5.41, 5.74) is -0.620. The van der Waals surface area contributed by atoms with Crippen LogP contribution in [0.2, 0.25) is 0 Å². The van der Waals surface area contributed by atoms with Crippen LogP contribution in [0.25, 0.3) is 0 Å². The zero-order chi connectivity index (χ0) is 24.8. The van der Waals surface area contributed by atoms with Crippen LogP contribution < -0.4 is 0 Å². The fraction of sp³-hybridized carbons (Fsp3) is 0.440. The van der Waals surface area contributed by atoms with Gasteiger partial charge in [-0.2, -0.15) is 0 Å². The molecule has 0 saturated carbocycles. The first-order valence-electron chi connectivity index (χ1n) is 11.2. The average molecular weight is 476 g/mol. The Hall–Kier alpha value is -3.07. The maximum absolute atomic E-state index is 14.6. The fourth-order valence-corrected chi connectivity index (χ4v) is 5.53. The number of carbonyl (C=O) groups is 2. The first kappa shape index (κ1) is 24.1. The standard InChI is InChI=1S/C25H27F3N2O4/c1-14-10-29(11-15(2)25(14,34)16-3-5-17(26)6-4-16)23(31)21-13-30(24(32)33)12-20(21)19-8-7-18(27)9-22(19)28/h3-9,14-15,20-21,34H,10-13H2,1-2H3,(H,32,33)/t14-,15+,20-,21+,25?/m0/s1. The second-order valence-corrected chi connectivity index (χ2v) is 9.44. The zero-order valence-electron chi connectivity index (χ0n) is 18.9. The highest BCUT2D eigenvalue weighted by atomic mass is 19.1. The van der Waals surface area contributed by atoms with E-state index < -0.39 is 52.8 Å². The van der Waals surface area contributed by atoms with Gasteiger partial charge in [0.05, 0.1) is 11.5 Å². The number of piperidine rings is 1. The molecule has 2 N–H and O–H groups in total. The Morgan fingerprint density at radius 2 is 1.47 bits per heavy atom. The molecule has 4 rings (SSSR count). The van der Waals surface area contributed by atoms with Crippen LogP contribution in [0.15, 0.2) is 42.5 Å². The monoisotopic (exact) mass is 476 g/mol. The van der Waals surface area contributed by atoms with Crippen molar-refractivity contribution in [2.24, 2.45) is 17.8 Å². The number of likely N-dealkylation sites (tertiary alicyclic amines) is 2. The van der Waals surface area contributed by atoms with E-state index in [9.17, 15) is 33.0 Å². The summed E-state index contributed by atoms with van der Waals surface area (Å²) in [6, 6.07) is 8.72. The number of nitrogens with zero attached hydrogens (tertiary/aromatic N) is 2. The number of hydrogen-bond donors (Lipinski definition) is 2. The minimum absolute atomic E-state index is 0.0766. The second kappa shape index (κ2) is 8.94. The van der Waals surface area contributed by atoms with Crippen LogP contribution in [0.4, 0.5) is 18.0 Å². The van der Waals surface area contributed by atoms with Crippen LogP contribution >= 0.6 is 0 Å². The van der Waals surface area contributed by atoms with Crippen LogP contribution in [0.5, 0.6) is 0 Å². The third-order valence-electron chi connectivity index (χ3n) is 7.38. The lowest BCUT2D eigenvalue weighted by Gasteiger charge is -2.48. The lowest BCUT2D eigenvalue weighted by atomic mass is 9.70. The molecule has 182 valence electrons. The predicted octanol–water partition coefficient (Wildman–Crippen LogP) is 3.80. The summed E-state index contributed by atoms with van der Waals surface area (Å²) < 4.78 is 41.4. The number of aliphatic hydroxyl groups is 1. The molecule has 2 amide bonds. The second-order valence-electron chi connectivity index (χ2n) is 9.44. The van der Waals surface area contributed by atoms with Crippen LogP contribution in [0, 0.1) is 35.2 Å². The van der Waals surface area contributed by atoms with Gasteiger partial charge in [0.15, 0.2) is 0 Å². The number of rotatable bonds is 3. The number of carboxylic acid groups (broad SMARTS) is 1. The summed E-state index contributed by atoms with van der Waals surface area (Å²) in [6.45, 7) is 3.81. The Balaban J connectivity index is 1.59. The van der Waals surface area contributed by atoms with E-state index in [-0.39, 0.29) is 37.6 Å². The first-order valence-corrected chi connectivity index (χ1v) is 11.2. The smallest absolute Gasteiger partial charge is 0.407 e. The zero-order valence-corrected chi connectivity index (χ0v) is 18.9.